The first-order valence-electron chi connectivity index (χ1n) is 8.86. The maximum absolute atomic E-state index is 12.6. The van der Waals surface area contributed by atoms with E-state index in [1.165, 1.54) is 4.90 Å². The number of thioether (sulfide) groups is 1. The monoisotopic (exact) mass is 397 g/mol. The Morgan fingerprint density at radius 2 is 1.93 bits per heavy atom. The Morgan fingerprint density at radius 3 is 2.79 bits per heavy atom. The van der Waals surface area contributed by atoms with Gasteiger partial charge in [-0.1, -0.05) is 18.2 Å². The van der Waals surface area contributed by atoms with Gasteiger partial charge in [-0.05, 0) is 66.6 Å². The minimum Gasteiger partial charge on any atom is -0.491 e. The van der Waals surface area contributed by atoms with Gasteiger partial charge in [0.15, 0.2) is 11.5 Å². The molecule has 0 unspecified atom stereocenters. The van der Waals surface area contributed by atoms with E-state index in [-0.39, 0.29) is 31.1 Å². The van der Waals surface area contributed by atoms with Crippen LogP contribution in [-0.2, 0) is 4.79 Å². The molecule has 28 heavy (non-hydrogen) atoms. The Balaban J connectivity index is 1.42. The van der Waals surface area contributed by atoms with Crippen LogP contribution in [0.2, 0.25) is 0 Å². The number of rotatable bonds is 5. The topological polar surface area (TPSA) is 65.1 Å². The Hall–Kier alpha value is -2.93. The Labute approximate surface area is 167 Å². The molecule has 0 atom stereocenters. The van der Waals surface area contributed by atoms with E-state index in [1.54, 1.807) is 18.2 Å². The van der Waals surface area contributed by atoms with Crippen LogP contribution in [0.25, 0.3) is 6.08 Å². The van der Waals surface area contributed by atoms with Crippen molar-refractivity contribution in [3.05, 3.63) is 58.0 Å². The summed E-state index contributed by atoms with van der Waals surface area (Å²) in [6, 6.07) is 11.3. The van der Waals surface area contributed by atoms with Crippen molar-refractivity contribution >= 4 is 29.0 Å². The Morgan fingerprint density at radius 1 is 1.11 bits per heavy atom. The minimum absolute atomic E-state index is 0.190. The molecule has 2 heterocycles. The lowest BCUT2D eigenvalue weighted by molar-refractivity contribution is -0.123. The molecule has 2 aliphatic heterocycles. The van der Waals surface area contributed by atoms with Crippen molar-refractivity contribution in [1.82, 2.24) is 4.90 Å². The average Bonchev–Trinajstić information content (AvgIpc) is 3.24. The van der Waals surface area contributed by atoms with Gasteiger partial charge >= 0.3 is 0 Å². The van der Waals surface area contributed by atoms with Crippen LogP contribution < -0.4 is 14.2 Å². The van der Waals surface area contributed by atoms with Gasteiger partial charge in [0, 0.05) is 0 Å². The number of fused-ring (bicyclic) bond motifs is 1. The van der Waals surface area contributed by atoms with E-state index < -0.39 is 0 Å². The molecular weight excluding hydrogens is 378 g/mol. The zero-order chi connectivity index (χ0) is 19.7. The summed E-state index contributed by atoms with van der Waals surface area (Å²) in [6.45, 7) is 4.60. The van der Waals surface area contributed by atoms with Gasteiger partial charge in [-0.3, -0.25) is 14.5 Å². The van der Waals surface area contributed by atoms with E-state index in [9.17, 15) is 9.59 Å². The number of hydrogen-bond acceptors (Lipinski definition) is 6. The van der Waals surface area contributed by atoms with E-state index in [0.717, 1.165) is 34.2 Å². The summed E-state index contributed by atoms with van der Waals surface area (Å²) in [5.41, 5.74) is 2.89. The average molecular weight is 397 g/mol. The minimum atomic E-state index is -0.308. The van der Waals surface area contributed by atoms with Crippen molar-refractivity contribution < 1.29 is 23.8 Å². The lowest BCUT2D eigenvalue weighted by Gasteiger charge is -2.14. The van der Waals surface area contributed by atoms with Gasteiger partial charge in [-0.15, -0.1) is 0 Å². The van der Waals surface area contributed by atoms with Crippen molar-refractivity contribution in [2.45, 2.75) is 13.8 Å². The van der Waals surface area contributed by atoms with Crippen molar-refractivity contribution in [3.63, 3.8) is 0 Å². The molecule has 4 rings (SSSR count). The van der Waals surface area contributed by atoms with E-state index >= 15 is 0 Å². The van der Waals surface area contributed by atoms with Crippen LogP contribution in [0.3, 0.4) is 0 Å². The molecule has 2 aromatic carbocycles. The second kappa shape index (κ2) is 7.59. The zero-order valence-corrected chi connectivity index (χ0v) is 16.4. The third-order valence-corrected chi connectivity index (χ3v) is 5.39. The fourth-order valence-corrected chi connectivity index (χ4v) is 3.82. The SMILES string of the molecule is Cc1ccc(C)c(OCCN2C(=O)S/C(=C\c3ccc4c(c3)OCO4)C2=O)c1. The van der Waals surface area contributed by atoms with Crippen LogP contribution in [0.1, 0.15) is 16.7 Å². The van der Waals surface area contributed by atoms with Crippen molar-refractivity contribution in [1.29, 1.82) is 0 Å². The number of carbonyl (C=O) groups excluding carboxylic acids is 2. The lowest BCUT2D eigenvalue weighted by atomic mass is 10.1. The summed E-state index contributed by atoms with van der Waals surface area (Å²) in [5.74, 6) is 1.77. The molecule has 0 saturated carbocycles. The Bertz CT molecular complexity index is 985. The van der Waals surface area contributed by atoms with Crippen LogP contribution >= 0.6 is 11.8 Å². The molecular formula is C21H19NO5S. The first kappa shape index (κ1) is 18.4. The van der Waals surface area contributed by atoms with E-state index in [0.29, 0.717) is 16.4 Å². The summed E-state index contributed by atoms with van der Waals surface area (Å²) < 4.78 is 16.4. The number of hydrogen-bond donors (Lipinski definition) is 0. The zero-order valence-electron chi connectivity index (χ0n) is 15.6. The summed E-state index contributed by atoms with van der Waals surface area (Å²) in [7, 11) is 0. The second-order valence-electron chi connectivity index (χ2n) is 6.56. The number of ether oxygens (including phenoxy) is 3. The van der Waals surface area contributed by atoms with E-state index in [2.05, 4.69) is 0 Å². The highest BCUT2D eigenvalue weighted by molar-refractivity contribution is 8.18. The third-order valence-electron chi connectivity index (χ3n) is 4.48. The largest absolute Gasteiger partial charge is 0.491 e. The van der Waals surface area contributed by atoms with Gasteiger partial charge in [-0.25, -0.2) is 0 Å². The standard InChI is InChI=1S/C21H19NO5S/c1-13-3-4-14(2)17(9-13)25-8-7-22-20(23)19(28-21(22)24)11-15-5-6-16-18(10-15)27-12-26-16/h3-6,9-11H,7-8,12H2,1-2H3/b19-11-. The summed E-state index contributed by atoms with van der Waals surface area (Å²) >= 11 is 0.933. The highest BCUT2D eigenvalue weighted by Gasteiger charge is 2.34. The molecule has 2 aliphatic rings. The van der Waals surface area contributed by atoms with Crippen LogP contribution in [0.4, 0.5) is 4.79 Å². The quantitative estimate of drug-likeness (QED) is 0.707. The molecule has 0 bridgehead atoms. The second-order valence-corrected chi connectivity index (χ2v) is 7.56. The van der Waals surface area contributed by atoms with Crippen LogP contribution in [-0.4, -0.2) is 36.0 Å². The third kappa shape index (κ3) is 3.71. The normalized spacial score (nSPS) is 16.9. The molecule has 6 nitrogen and oxygen atoms in total. The molecule has 0 spiro atoms. The van der Waals surface area contributed by atoms with Gasteiger partial charge in [-0.2, -0.15) is 0 Å². The molecule has 7 heteroatoms. The highest BCUT2D eigenvalue weighted by atomic mass is 32.2. The molecule has 2 amide bonds. The first-order chi connectivity index (χ1) is 13.5. The number of benzene rings is 2. The molecule has 1 fully saturated rings. The van der Waals surface area contributed by atoms with Crippen LogP contribution in [0.15, 0.2) is 41.3 Å². The van der Waals surface area contributed by atoms with Crippen molar-refractivity contribution in [3.8, 4) is 17.2 Å². The molecule has 144 valence electrons. The van der Waals surface area contributed by atoms with Crippen LogP contribution in [0, 0.1) is 13.8 Å². The fraction of sp³-hybridized carbons (Fsp3) is 0.238. The summed E-state index contributed by atoms with van der Waals surface area (Å²) in [5, 5.41) is -0.290. The van der Waals surface area contributed by atoms with E-state index in [1.807, 2.05) is 38.1 Å². The number of nitrogens with zero attached hydrogens (tertiary/aromatic N) is 1. The van der Waals surface area contributed by atoms with Gasteiger partial charge in [0.2, 0.25) is 6.79 Å². The highest BCUT2D eigenvalue weighted by Crippen LogP contribution is 2.36. The Kier molecular flexibility index (Phi) is 5.00. The smallest absolute Gasteiger partial charge is 0.293 e. The first-order valence-corrected chi connectivity index (χ1v) is 9.68. The number of aryl methyl sites for hydroxylation is 2. The van der Waals surface area contributed by atoms with Gasteiger partial charge in [0.05, 0.1) is 11.4 Å². The molecule has 0 aliphatic carbocycles. The van der Waals surface area contributed by atoms with E-state index in [4.69, 9.17) is 14.2 Å². The van der Waals surface area contributed by atoms with Crippen molar-refractivity contribution in [2.24, 2.45) is 0 Å². The predicted octanol–water partition coefficient (Wildman–Crippen LogP) is 4.15. The van der Waals surface area contributed by atoms with Gasteiger partial charge in [0.1, 0.15) is 12.4 Å². The van der Waals surface area contributed by atoms with Crippen LogP contribution in [0.5, 0.6) is 17.2 Å². The molecule has 0 aromatic heterocycles. The lowest BCUT2D eigenvalue weighted by Crippen LogP contribution is -2.32. The number of imide groups is 1. The van der Waals surface area contributed by atoms with Crippen molar-refractivity contribution in [2.75, 3.05) is 19.9 Å². The maximum Gasteiger partial charge on any atom is 0.293 e. The summed E-state index contributed by atoms with van der Waals surface area (Å²) in [4.78, 5) is 26.5. The maximum atomic E-state index is 12.6. The number of carbonyl (C=O) groups is 2. The molecule has 0 radical (unpaired) electrons. The number of amides is 2. The van der Waals surface area contributed by atoms with Gasteiger partial charge in [0.25, 0.3) is 11.1 Å². The molecule has 0 N–H and O–H groups in total. The fourth-order valence-electron chi connectivity index (χ4n) is 2.96. The summed E-state index contributed by atoms with van der Waals surface area (Å²) in [6.07, 6.45) is 1.69. The molecule has 2 aromatic rings. The predicted molar refractivity (Wildman–Crippen MR) is 107 cm³/mol. The molecule has 1 saturated heterocycles. The van der Waals surface area contributed by atoms with Gasteiger partial charge < -0.3 is 14.2 Å².